The van der Waals surface area contributed by atoms with Gasteiger partial charge >= 0.3 is 11.9 Å². The minimum atomic E-state index is -1.02. The SMILES string of the molecule is O=C(O)CCC(=O)Nc1ccc2c([C@@H](C(=O)O)N3CCSCC3)c[nH]c2c1. The molecule has 1 aliphatic rings. The molecule has 144 valence electrons. The number of fused-ring (bicyclic) bond motifs is 1. The van der Waals surface area contributed by atoms with Crippen LogP contribution in [0.1, 0.15) is 24.4 Å². The normalized spacial score (nSPS) is 16.1. The second-order valence-corrected chi connectivity index (χ2v) is 7.56. The van der Waals surface area contributed by atoms with E-state index in [1.165, 1.54) is 0 Å². The van der Waals surface area contributed by atoms with E-state index in [1.807, 2.05) is 16.7 Å². The Labute approximate surface area is 159 Å². The average Bonchev–Trinajstić information content (AvgIpc) is 3.04. The molecule has 1 aromatic carbocycles. The van der Waals surface area contributed by atoms with Crippen molar-refractivity contribution in [3.05, 3.63) is 30.0 Å². The third kappa shape index (κ3) is 4.61. The molecular weight excluding hydrogens is 370 g/mol. The van der Waals surface area contributed by atoms with E-state index in [0.717, 1.165) is 35.5 Å². The number of H-pyrrole nitrogens is 1. The number of hydrogen-bond acceptors (Lipinski definition) is 5. The third-order valence-electron chi connectivity index (χ3n) is 4.50. The van der Waals surface area contributed by atoms with Gasteiger partial charge in [-0.1, -0.05) is 6.07 Å². The summed E-state index contributed by atoms with van der Waals surface area (Å²) in [5.41, 5.74) is 1.96. The molecule has 0 radical (unpaired) electrons. The van der Waals surface area contributed by atoms with Crippen LogP contribution < -0.4 is 5.32 Å². The number of anilines is 1. The zero-order valence-corrected chi connectivity index (χ0v) is 15.4. The highest BCUT2D eigenvalue weighted by Gasteiger charge is 2.30. The molecule has 9 heteroatoms. The standard InChI is InChI=1S/C18H21N3O5S/c22-15(3-4-16(23)24)20-11-1-2-12-13(10-19-14(12)9-11)17(18(25)26)21-5-7-27-8-6-21/h1-2,9-10,17,19H,3-8H2,(H,20,22)(H,23,24)(H,25,26)/t17-/m0/s1. The number of nitrogens with one attached hydrogen (secondary N) is 2. The minimum absolute atomic E-state index is 0.0998. The first-order valence-corrected chi connectivity index (χ1v) is 9.78. The fourth-order valence-corrected chi connectivity index (χ4v) is 4.15. The molecule has 0 saturated carbocycles. The van der Waals surface area contributed by atoms with Gasteiger partial charge in [0.05, 0.1) is 6.42 Å². The van der Waals surface area contributed by atoms with Gasteiger partial charge in [0.15, 0.2) is 0 Å². The Bertz CT molecular complexity index is 860. The maximum absolute atomic E-state index is 11.9. The van der Waals surface area contributed by atoms with E-state index in [-0.39, 0.29) is 18.7 Å². The number of rotatable bonds is 7. The fourth-order valence-electron chi connectivity index (χ4n) is 3.22. The molecule has 0 spiro atoms. The van der Waals surface area contributed by atoms with Crippen LogP contribution in [0.2, 0.25) is 0 Å². The van der Waals surface area contributed by atoms with E-state index >= 15 is 0 Å². The summed E-state index contributed by atoms with van der Waals surface area (Å²) in [6.45, 7) is 1.46. The molecule has 2 heterocycles. The Morgan fingerprint density at radius 2 is 1.93 bits per heavy atom. The smallest absolute Gasteiger partial charge is 0.325 e. The molecule has 1 atom stereocenters. The molecule has 27 heavy (non-hydrogen) atoms. The van der Waals surface area contributed by atoms with E-state index in [2.05, 4.69) is 10.3 Å². The Kier molecular flexibility index (Phi) is 6.02. The second-order valence-electron chi connectivity index (χ2n) is 6.34. The molecule has 1 aliphatic heterocycles. The Balaban J connectivity index is 1.81. The summed E-state index contributed by atoms with van der Waals surface area (Å²) in [6, 6.07) is 4.49. The predicted octanol–water partition coefficient (Wildman–Crippen LogP) is 2.15. The van der Waals surface area contributed by atoms with Crippen molar-refractivity contribution in [1.82, 2.24) is 9.88 Å². The molecule has 0 aliphatic carbocycles. The summed E-state index contributed by atoms with van der Waals surface area (Å²) < 4.78 is 0. The van der Waals surface area contributed by atoms with Gasteiger partial charge in [-0.3, -0.25) is 19.3 Å². The molecule has 3 rings (SSSR count). The Morgan fingerprint density at radius 1 is 1.19 bits per heavy atom. The summed E-state index contributed by atoms with van der Waals surface area (Å²) in [5, 5.41) is 21.9. The van der Waals surface area contributed by atoms with Crippen LogP contribution in [-0.4, -0.2) is 62.5 Å². The van der Waals surface area contributed by atoms with Gasteiger partial charge in [-0.15, -0.1) is 0 Å². The first kappa shape index (κ1) is 19.2. The van der Waals surface area contributed by atoms with Crippen molar-refractivity contribution in [3.63, 3.8) is 0 Å². The number of hydrogen-bond donors (Lipinski definition) is 4. The van der Waals surface area contributed by atoms with E-state index in [9.17, 15) is 19.5 Å². The quantitative estimate of drug-likeness (QED) is 0.570. The Morgan fingerprint density at radius 3 is 2.59 bits per heavy atom. The van der Waals surface area contributed by atoms with Crippen molar-refractivity contribution in [2.75, 3.05) is 29.9 Å². The molecule has 4 N–H and O–H groups in total. The number of aromatic amines is 1. The molecule has 0 bridgehead atoms. The van der Waals surface area contributed by atoms with Gasteiger partial charge in [-0.25, -0.2) is 0 Å². The number of thioether (sulfide) groups is 1. The van der Waals surface area contributed by atoms with Crippen molar-refractivity contribution in [2.24, 2.45) is 0 Å². The van der Waals surface area contributed by atoms with Gasteiger partial charge in [-0.2, -0.15) is 11.8 Å². The molecule has 1 aromatic heterocycles. The van der Waals surface area contributed by atoms with Crippen LogP contribution >= 0.6 is 11.8 Å². The summed E-state index contributed by atoms with van der Waals surface area (Å²) in [4.78, 5) is 39.3. The van der Waals surface area contributed by atoms with E-state index < -0.39 is 18.0 Å². The lowest BCUT2D eigenvalue weighted by atomic mass is 10.0. The molecule has 0 unspecified atom stereocenters. The summed E-state index contributed by atoms with van der Waals surface area (Å²) in [6.07, 6.45) is 1.38. The average molecular weight is 391 g/mol. The lowest BCUT2D eigenvalue weighted by molar-refractivity contribution is -0.143. The van der Waals surface area contributed by atoms with Gasteiger partial charge in [0, 0.05) is 59.4 Å². The molecule has 2 aromatic rings. The number of aromatic nitrogens is 1. The highest BCUT2D eigenvalue weighted by Crippen LogP contribution is 2.31. The first-order chi connectivity index (χ1) is 13.0. The molecular formula is C18H21N3O5S. The van der Waals surface area contributed by atoms with Crippen molar-refractivity contribution in [1.29, 1.82) is 0 Å². The largest absolute Gasteiger partial charge is 0.481 e. The van der Waals surface area contributed by atoms with Crippen molar-refractivity contribution < 1.29 is 24.6 Å². The molecule has 1 fully saturated rings. The fraction of sp³-hybridized carbons (Fsp3) is 0.389. The zero-order chi connectivity index (χ0) is 19.4. The number of carbonyl (C=O) groups excluding carboxylic acids is 1. The number of nitrogens with zero attached hydrogens (tertiary/aromatic N) is 1. The lowest BCUT2D eigenvalue weighted by Gasteiger charge is -2.31. The third-order valence-corrected chi connectivity index (χ3v) is 5.45. The van der Waals surface area contributed by atoms with Gasteiger partial charge < -0.3 is 20.5 Å². The number of amides is 1. The van der Waals surface area contributed by atoms with Crippen LogP contribution in [0.15, 0.2) is 24.4 Å². The molecule has 8 nitrogen and oxygen atoms in total. The zero-order valence-electron chi connectivity index (χ0n) is 14.6. The van der Waals surface area contributed by atoms with E-state index in [0.29, 0.717) is 11.3 Å². The monoisotopic (exact) mass is 391 g/mol. The van der Waals surface area contributed by atoms with Gasteiger partial charge in [-0.05, 0) is 12.1 Å². The van der Waals surface area contributed by atoms with Crippen LogP contribution in [0.5, 0.6) is 0 Å². The van der Waals surface area contributed by atoms with Crippen LogP contribution in [0.3, 0.4) is 0 Å². The van der Waals surface area contributed by atoms with Crippen molar-refractivity contribution >= 4 is 46.2 Å². The van der Waals surface area contributed by atoms with E-state index in [4.69, 9.17) is 5.11 Å². The number of carboxylic acid groups (broad SMARTS) is 2. The number of aliphatic carboxylic acids is 2. The van der Waals surface area contributed by atoms with Crippen molar-refractivity contribution in [2.45, 2.75) is 18.9 Å². The maximum Gasteiger partial charge on any atom is 0.325 e. The minimum Gasteiger partial charge on any atom is -0.481 e. The van der Waals surface area contributed by atoms with Crippen LogP contribution in [0.25, 0.3) is 10.9 Å². The Hall–Kier alpha value is -2.52. The van der Waals surface area contributed by atoms with Gasteiger partial charge in [0.25, 0.3) is 0 Å². The number of carbonyl (C=O) groups is 3. The maximum atomic E-state index is 11.9. The summed E-state index contributed by atoms with van der Waals surface area (Å²) >= 11 is 1.82. The summed E-state index contributed by atoms with van der Waals surface area (Å²) in [5.74, 6) is -0.450. The van der Waals surface area contributed by atoms with Crippen LogP contribution in [-0.2, 0) is 14.4 Å². The topological polar surface area (TPSA) is 123 Å². The molecule has 1 saturated heterocycles. The molecule has 1 amide bonds. The van der Waals surface area contributed by atoms with Crippen LogP contribution in [0, 0.1) is 0 Å². The second kappa shape index (κ2) is 8.45. The summed E-state index contributed by atoms with van der Waals surface area (Å²) in [7, 11) is 0. The predicted molar refractivity (Wildman–Crippen MR) is 103 cm³/mol. The van der Waals surface area contributed by atoms with Crippen molar-refractivity contribution in [3.8, 4) is 0 Å². The van der Waals surface area contributed by atoms with Gasteiger partial charge in [0.2, 0.25) is 5.91 Å². The highest BCUT2D eigenvalue weighted by molar-refractivity contribution is 7.99. The van der Waals surface area contributed by atoms with E-state index in [1.54, 1.807) is 24.4 Å². The van der Waals surface area contributed by atoms with Gasteiger partial charge in [0.1, 0.15) is 6.04 Å². The van der Waals surface area contributed by atoms with Crippen LogP contribution in [0.4, 0.5) is 5.69 Å². The number of carboxylic acids is 2. The highest BCUT2D eigenvalue weighted by atomic mass is 32.2. The number of benzene rings is 1. The first-order valence-electron chi connectivity index (χ1n) is 8.63. The lowest BCUT2D eigenvalue weighted by Crippen LogP contribution is -2.39.